The van der Waals surface area contributed by atoms with Gasteiger partial charge >= 0.3 is 5.97 Å². The van der Waals surface area contributed by atoms with Crippen LogP contribution in [0.3, 0.4) is 0 Å². The zero-order chi connectivity index (χ0) is 12.3. The zero-order valence-electron chi connectivity index (χ0n) is 10.2. The number of benzene rings is 1. The van der Waals surface area contributed by atoms with Gasteiger partial charge < -0.3 is 17.1 Å². The fourth-order valence-corrected chi connectivity index (χ4v) is 2.56. The van der Waals surface area contributed by atoms with Crippen LogP contribution in [0.4, 0.5) is 0 Å². The molecule has 18 heavy (non-hydrogen) atoms. The Morgan fingerprint density at radius 3 is 2.61 bits per heavy atom. The van der Waals surface area contributed by atoms with E-state index in [4.69, 9.17) is 0 Å². The van der Waals surface area contributed by atoms with Crippen molar-refractivity contribution in [3.8, 4) is 10.4 Å². The van der Waals surface area contributed by atoms with Crippen LogP contribution in [0.5, 0.6) is 0 Å². The van der Waals surface area contributed by atoms with Crippen LogP contribution in [-0.2, 0) is 23.0 Å². The maximum absolute atomic E-state index is 11.2. The quantitative estimate of drug-likeness (QED) is 0.532. The van der Waals surface area contributed by atoms with Crippen molar-refractivity contribution >= 4 is 17.5 Å². The number of carbonyl (C=O) groups is 1. The predicted molar refractivity (Wildman–Crippen MR) is 66.7 cm³/mol. The van der Waals surface area contributed by atoms with E-state index in [0.29, 0.717) is 6.42 Å². The smallest absolute Gasteiger partial charge is 0.316 e. The Labute approximate surface area is 117 Å². The first-order valence-electron chi connectivity index (χ1n) is 5.32. The van der Waals surface area contributed by atoms with E-state index in [-0.39, 0.29) is 18.4 Å². The molecule has 3 nitrogen and oxygen atoms in total. The summed E-state index contributed by atoms with van der Waals surface area (Å²) >= 11 is 1.63. The number of halogens is 1. The average molecular weight is 284 g/mol. The maximum Gasteiger partial charge on any atom is 0.316 e. The van der Waals surface area contributed by atoms with Crippen molar-refractivity contribution in [2.45, 2.75) is 6.42 Å². The number of carbonyl (C=O) groups excluding carboxylic acids is 1. The molecule has 0 bridgehead atoms. The monoisotopic (exact) mass is 283 g/mol. The minimum absolute atomic E-state index is 0. The molecule has 1 heterocycles. The van der Waals surface area contributed by atoms with Crippen LogP contribution >= 0.6 is 11.5 Å². The largest absolute Gasteiger partial charge is 1.00 e. The first kappa shape index (κ1) is 14.7. The van der Waals surface area contributed by atoms with Gasteiger partial charge in [-0.2, -0.15) is 0 Å². The fraction of sp³-hybridized carbons (Fsp3) is 0.231. The predicted octanol–water partition coefficient (Wildman–Crippen LogP) is -1.04. The third kappa shape index (κ3) is 3.31. The van der Waals surface area contributed by atoms with E-state index in [2.05, 4.69) is 16.9 Å². The lowest BCUT2D eigenvalue weighted by atomic mass is 10.2. The summed E-state index contributed by atoms with van der Waals surface area (Å²) in [4.78, 5) is 12.4. The van der Waals surface area contributed by atoms with E-state index < -0.39 is 0 Å². The van der Waals surface area contributed by atoms with Gasteiger partial charge in [0.25, 0.3) is 0 Å². The molecule has 2 rings (SSSR count). The Balaban J connectivity index is 0.00000162. The van der Waals surface area contributed by atoms with E-state index in [9.17, 15) is 4.79 Å². The second-order valence-corrected chi connectivity index (χ2v) is 4.88. The van der Waals surface area contributed by atoms with Gasteiger partial charge in [-0.1, -0.05) is 30.3 Å². The third-order valence-electron chi connectivity index (χ3n) is 2.55. The molecule has 0 fully saturated rings. The van der Waals surface area contributed by atoms with Crippen molar-refractivity contribution in [2.75, 3.05) is 7.11 Å². The van der Waals surface area contributed by atoms with Gasteiger partial charge in [0.1, 0.15) is 22.8 Å². The Morgan fingerprint density at radius 1 is 1.33 bits per heavy atom. The number of methoxy groups -OCH3 is 1. The summed E-state index contributed by atoms with van der Waals surface area (Å²) in [6.45, 7) is 0. The Hall–Kier alpha value is -1.39. The highest BCUT2D eigenvalue weighted by Crippen LogP contribution is 2.23. The highest BCUT2D eigenvalue weighted by Gasteiger charge is 2.18. The van der Waals surface area contributed by atoms with E-state index in [1.54, 1.807) is 11.5 Å². The van der Waals surface area contributed by atoms with Gasteiger partial charge in [0.15, 0.2) is 7.05 Å². The van der Waals surface area contributed by atoms with Crippen LogP contribution in [-0.4, -0.2) is 13.1 Å². The molecule has 0 N–H and O–H groups in total. The topological polar surface area (TPSA) is 30.2 Å². The number of hydrogen-bond acceptors (Lipinski definition) is 3. The van der Waals surface area contributed by atoms with Gasteiger partial charge in [0.05, 0.1) is 7.11 Å². The Morgan fingerprint density at radius 2 is 2.00 bits per heavy atom. The standard InChI is InChI=1S/C13H14NO2S.ClH/c1-14-11(9-13(15)16-2)8-12(17-14)10-6-4-3-5-7-10;/h3-8H,9H2,1-2H3;1H/q+1;/p-1. The molecule has 96 valence electrons. The van der Waals surface area contributed by atoms with Gasteiger partial charge in [0, 0.05) is 6.07 Å². The molecule has 0 aliphatic rings. The van der Waals surface area contributed by atoms with Gasteiger partial charge in [0.2, 0.25) is 5.69 Å². The molecule has 0 saturated carbocycles. The minimum atomic E-state index is -0.210. The molecule has 1 aromatic carbocycles. The van der Waals surface area contributed by atoms with Crippen LogP contribution in [0.15, 0.2) is 36.4 Å². The number of rotatable bonds is 3. The summed E-state index contributed by atoms with van der Waals surface area (Å²) in [7, 11) is 3.36. The molecule has 0 unspecified atom stereocenters. The van der Waals surface area contributed by atoms with E-state index in [0.717, 1.165) is 10.6 Å². The number of hydrogen-bond donors (Lipinski definition) is 0. The molecule has 0 spiro atoms. The molecular weight excluding hydrogens is 270 g/mol. The third-order valence-corrected chi connectivity index (χ3v) is 3.61. The molecule has 1 aromatic heterocycles. The molecule has 0 amide bonds. The summed E-state index contributed by atoms with van der Waals surface area (Å²) in [6, 6.07) is 12.2. The van der Waals surface area contributed by atoms with Crippen molar-refractivity contribution < 1.29 is 25.9 Å². The second kappa shape index (κ2) is 6.52. The highest BCUT2D eigenvalue weighted by atomic mass is 35.5. The summed E-state index contributed by atoms with van der Waals surface area (Å²) in [5.41, 5.74) is 2.14. The van der Waals surface area contributed by atoms with Crippen LogP contribution in [0.25, 0.3) is 10.4 Å². The molecule has 2 aromatic rings. The summed E-state index contributed by atoms with van der Waals surface area (Å²) in [5, 5.41) is 0. The number of ether oxygens (including phenoxy) is 1. The Bertz CT molecular complexity index is 525. The number of aromatic nitrogens is 1. The van der Waals surface area contributed by atoms with Crippen LogP contribution in [0.1, 0.15) is 5.69 Å². The van der Waals surface area contributed by atoms with Crippen molar-refractivity contribution in [3.63, 3.8) is 0 Å². The van der Waals surface area contributed by atoms with Gasteiger partial charge in [-0.3, -0.25) is 4.79 Å². The molecule has 0 atom stereocenters. The summed E-state index contributed by atoms with van der Waals surface area (Å²) in [5.74, 6) is -0.210. The van der Waals surface area contributed by atoms with Crippen LogP contribution < -0.4 is 16.4 Å². The SMILES string of the molecule is COC(=O)Cc1cc(-c2ccccc2)s[n+]1C.[Cl-]. The first-order chi connectivity index (χ1) is 8.20. The van der Waals surface area contributed by atoms with Gasteiger partial charge in [-0.15, -0.1) is 3.96 Å². The lowest BCUT2D eigenvalue weighted by molar-refractivity contribution is -0.608. The van der Waals surface area contributed by atoms with Gasteiger partial charge in [-0.25, -0.2) is 0 Å². The normalized spacial score (nSPS) is 9.67. The summed E-state index contributed by atoms with van der Waals surface area (Å²) < 4.78 is 6.68. The van der Waals surface area contributed by atoms with Crippen LogP contribution in [0.2, 0.25) is 0 Å². The van der Waals surface area contributed by atoms with Crippen molar-refractivity contribution in [1.29, 1.82) is 0 Å². The first-order valence-corrected chi connectivity index (χ1v) is 6.09. The minimum Gasteiger partial charge on any atom is -1.00 e. The average Bonchev–Trinajstić information content (AvgIpc) is 2.72. The molecule has 5 heteroatoms. The molecule has 0 radical (unpaired) electrons. The number of aryl methyl sites for hydroxylation is 1. The van der Waals surface area contributed by atoms with Crippen molar-refractivity contribution in [2.24, 2.45) is 7.05 Å². The molecule has 0 aliphatic heterocycles. The molecule has 0 aliphatic carbocycles. The summed E-state index contributed by atoms with van der Waals surface area (Å²) in [6.07, 6.45) is 0.316. The second-order valence-electron chi connectivity index (χ2n) is 3.71. The van der Waals surface area contributed by atoms with Crippen molar-refractivity contribution in [1.82, 2.24) is 0 Å². The number of esters is 1. The van der Waals surface area contributed by atoms with E-state index in [1.165, 1.54) is 12.7 Å². The maximum atomic E-state index is 11.2. The zero-order valence-corrected chi connectivity index (χ0v) is 11.8. The fourth-order valence-electron chi connectivity index (χ4n) is 1.60. The molecular formula is C13H14ClNO2S. The lowest BCUT2D eigenvalue weighted by Gasteiger charge is -1.92. The lowest BCUT2D eigenvalue weighted by Crippen LogP contribution is -3.00. The van der Waals surface area contributed by atoms with Gasteiger partial charge in [-0.05, 0) is 5.56 Å². The van der Waals surface area contributed by atoms with E-state index >= 15 is 0 Å². The highest BCUT2D eigenvalue weighted by molar-refractivity contribution is 7.05. The molecule has 0 saturated heterocycles. The number of nitrogens with zero attached hydrogens (tertiary/aromatic N) is 1. The Kier molecular flexibility index (Phi) is 5.31. The van der Waals surface area contributed by atoms with E-state index in [1.807, 2.05) is 35.3 Å². The van der Waals surface area contributed by atoms with Crippen molar-refractivity contribution in [3.05, 3.63) is 42.1 Å². The van der Waals surface area contributed by atoms with Crippen LogP contribution in [0, 0.1) is 0 Å².